The highest BCUT2D eigenvalue weighted by Crippen LogP contribution is 2.57. The fraction of sp³-hybridized carbons (Fsp3) is 0.262. The third kappa shape index (κ3) is 6.36. The van der Waals surface area contributed by atoms with E-state index in [9.17, 15) is 0 Å². The molecule has 0 bridgehead atoms. The van der Waals surface area contributed by atoms with E-state index in [1.807, 2.05) is 11.3 Å². The number of anilines is 5. The zero-order valence-electron chi connectivity index (χ0n) is 41.7. The number of benzene rings is 8. The minimum atomic E-state index is -0.0845. The van der Waals surface area contributed by atoms with Crippen molar-refractivity contribution in [1.82, 2.24) is 0 Å². The summed E-state index contributed by atoms with van der Waals surface area (Å²) in [6.45, 7) is 22.1. The lowest BCUT2D eigenvalue weighted by molar-refractivity contribution is 0.332. The first kappa shape index (κ1) is 42.7. The van der Waals surface area contributed by atoms with Crippen molar-refractivity contribution in [2.75, 3.05) is 9.71 Å². The van der Waals surface area contributed by atoms with E-state index < -0.39 is 0 Å². The Balaban J connectivity index is 1.19. The molecule has 13 rings (SSSR count). The van der Waals surface area contributed by atoms with Crippen molar-refractivity contribution in [2.24, 2.45) is 0 Å². The van der Waals surface area contributed by atoms with E-state index in [4.69, 9.17) is 0 Å². The van der Waals surface area contributed by atoms with E-state index in [2.05, 4.69) is 230 Å². The van der Waals surface area contributed by atoms with Crippen molar-refractivity contribution in [1.29, 1.82) is 0 Å². The van der Waals surface area contributed by atoms with Crippen LogP contribution in [0.2, 0.25) is 0 Å². The predicted octanol–water partition coefficient (Wildman–Crippen LogP) is 17.1. The third-order valence-electron chi connectivity index (χ3n) is 17.3. The van der Waals surface area contributed by atoms with Crippen LogP contribution in [0.25, 0.3) is 53.6 Å². The molecule has 2 aliphatic carbocycles. The summed E-state index contributed by atoms with van der Waals surface area (Å²) in [5.41, 5.74) is 24.3. The van der Waals surface area contributed by atoms with Crippen molar-refractivity contribution in [3.8, 4) is 33.4 Å². The van der Waals surface area contributed by atoms with E-state index in [-0.39, 0.29) is 28.5 Å². The fourth-order valence-electron chi connectivity index (χ4n) is 13.0. The van der Waals surface area contributed by atoms with Gasteiger partial charge in [0.15, 0.2) is 0 Å². The van der Waals surface area contributed by atoms with E-state index in [0.717, 1.165) is 12.8 Å². The summed E-state index contributed by atoms with van der Waals surface area (Å²) in [7, 11) is 0. The minimum Gasteiger partial charge on any atom is -0.376 e. The molecule has 8 aromatic carbocycles. The molecule has 4 heteroatoms. The smallest absolute Gasteiger partial charge is 0.333 e. The molecule has 69 heavy (non-hydrogen) atoms. The second-order valence-electron chi connectivity index (χ2n) is 23.5. The van der Waals surface area contributed by atoms with Crippen molar-refractivity contribution >= 4 is 77.7 Å². The highest BCUT2D eigenvalue weighted by atomic mass is 32.1. The first-order valence-corrected chi connectivity index (χ1v) is 26.2. The Hall–Kier alpha value is -6.36. The average molecular weight is 913 g/mol. The first-order valence-electron chi connectivity index (χ1n) is 25.4. The molecule has 340 valence electrons. The summed E-state index contributed by atoms with van der Waals surface area (Å²) < 4.78 is 2.69. The Morgan fingerprint density at radius 3 is 1.59 bits per heavy atom. The van der Waals surface area contributed by atoms with Gasteiger partial charge in [-0.3, -0.25) is 0 Å². The van der Waals surface area contributed by atoms with Crippen LogP contribution in [0, 0.1) is 6.92 Å². The van der Waals surface area contributed by atoms with Crippen molar-refractivity contribution in [3.63, 3.8) is 0 Å². The van der Waals surface area contributed by atoms with Gasteiger partial charge < -0.3 is 9.71 Å². The molecule has 0 saturated carbocycles. The summed E-state index contributed by atoms with van der Waals surface area (Å²) in [5, 5.41) is 2.68. The predicted molar refractivity (Wildman–Crippen MR) is 299 cm³/mol. The van der Waals surface area contributed by atoms with Crippen LogP contribution in [0.15, 0.2) is 158 Å². The Kier molecular flexibility index (Phi) is 9.18. The van der Waals surface area contributed by atoms with Gasteiger partial charge in [-0.1, -0.05) is 159 Å². The molecule has 0 unspecified atom stereocenters. The zero-order chi connectivity index (χ0) is 47.4. The van der Waals surface area contributed by atoms with Gasteiger partial charge in [0.25, 0.3) is 0 Å². The number of aryl methyl sites for hydroxylation is 1. The van der Waals surface area contributed by atoms with Gasteiger partial charge in [0.2, 0.25) is 0 Å². The lowest BCUT2D eigenvalue weighted by atomic mass is 9.42. The van der Waals surface area contributed by atoms with E-state index in [0.29, 0.717) is 0 Å². The van der Waals surface area contributed by atoms with Crippen LogP contribution in [0.4, 0.5) is 28.4 Å². The first-order chi connectivity index (χ1) is 33.1. The van der Waals surface area contributed by atoms with E-state index >= 15 is 0 Å². The van der Waals surface area contributed by atoms with Gasteiger partial charge in [-0.2, -0.15) is 0 Å². The summed E-state index contributed by atoms with van der Waals surface area (Å²) in [5.74, 6) is 0. The highest BCUT2D eigenvalue weighted by molar-refractivity contribution is 7.26. The quantitative estimate of drug-likeness (QED) is 0.162. The maximum Gasteiger partial charge on any atom is 0.333 e. The molecule has 9 aromatic rings. The van der Waals surface area contributed by atoms with Gasteiger partial charge >= 0.3 is 6.85 Å². The van der Waals surface area contributed by atoms with Crippen molar-refractivity contribution in [2.45, 2.75) is 110 Å². The highest BCUT2D eigenvalue weighted by Gasteiger charge is 2.50. The minimum absolute atomic E-state index is 0.0242. The Morgan fingerprint density at radius 1 is 0.449 bits per heavy atom. The second-order valence-corrected chi connectivity index (χ2v) is 24.5. The van der Waals surface area contributed by atoms with Gasteiger partial charge in [-0.15, -0.1) is 11.3 Å². The number of thiophene rings is 1. The Bertz CT molecular complexity index is 3580. The van der Waals surface area contributed by atoms with Crippen LogP contribution < -0.4 is 20.6 Å². The maximum atomic E-state index is 2.78. The summed E-state index contributed by atoms with van der Waals surface area (Å²) in [6.07, 6.45) is 4.66. The largest absolute Gasteiger partial charge is 0.376 e. The number of hydrogen-bond donors (Lipinski definition) is 0. The number of fused-ring (bicyclic) bond motifs is 10. The normalized spacial score (nSPS) is 17.8. The van der Waals surface area contributed by atoms with E-state index in [1.54, 1.807) is 0 Å². The molecule has 0 fully saturated rings. The van der Waals surface area contributed by atoms with Crippen LogP contribution >= 0.6 is 11.3 Å². The molecule has 3 heterocycles. The lowest BCUT2D eigenvalue weighted by Crippen LogP contribution is -2.62. The number of hydrogen-bond acceptors (Lipinski definition) is 3. The molecule has 2 aliphatic heterocycles. The topological polar surface area (TPSA) is 6.48 Å². The zero-order valence-corrected chi connectivity index (χ0v) is 42.5. The van der Waals surface area contributed by atoms with E-state index in [1.165, 1.54) is 134 Å². The summed E-state index contributed by atoms with van der Waals surface area (Å²) in [4.78, 5) is 5.51. The monoisotopic (exact) mass is 912 g/mol. The molecule has 2 nitrogen and oxygen atoms in total. The number of nitrogens with zero attached hydrogens (tertiary/aromatic N) is 2. The maximum absolute atomic E-state index is 2.78. The summed E-state index contributed by atoms with van der Waals surface area (Å²) >= 11 is 1.97. The van der Waals surface area contributed by atoms with Crippen LogP contribution in [-0.2, 0) is 21.7 Å². The van der Waals surface area contributed by atoms with Gasteiger partial charge in [0, 0.05) is 43.8 Å². The SMILES string of the molecule is Cc1cc(-c2ccccc2)ccc1N1c2cc3c(cc2B2c4c(cc5c(sc6ccccc65)c41)-c1cc4c(cc1N2c1ccc(-c2ccccc2)cc1)C(C)(C)CCC4(C)C)C(C)(C)CCC3(C)C. The average Bonchev–Trinajstić information content (AvgIpc) is 3.73. The molecule has 0 amide bonds. The van der Waals surface area contributed by atoms with Crippen LogP contribution in [0.3, 0.4) is 0 Å². The lowest BCUT2D eigenvalue weighted by Gasteiger charge is -2.50. The van der Waals surface area contributed by atoms with Crippen molar-refractivity contribution < 1.29 is 0 Å². The van der Waals surface area contributed by atoms with Crippen LogP contribution in [0.1, 0.15) is 109 Å². The molecule has 0 N–H and O–H groups in total. The Morgan fingerprint density at radius 2 is 0.971 bits per heavy atom. The van der Waals surface area contributed by atoms with Crippen LogP contribution in [-0.4, -0.2) is 6.85 Å². The molecule has 4 aliphatic rings. The molecule has 1 aromatic heterocycles. The molecule has 0 atom stereocenters. The van der Waals surface area contributed by atoms with Gasteiger partial charge in [-0.25, -0.2) is 0 Å². The number of rotatable bonds is 4. The van der Waals surface area contributed by atoms with Gasteiger partial charge in [0.05, 0.1) is 10.4 Å². The second kappa shape index (κ2) is 14.8. The standard InChI is InChI=1S/C65H61BN2S/c1-40-34-44(42-20-14-11-15-21-42)26-29-55(40)67-57-39-53-51(63(4,5)31-33-65(53,8)9)37-54(57)66-59-48(35-49-46-22-16-17-23-58(46)69-61(49)60(59)67)47-36-50-52(64(6,7)32-30-62(50,2)3)38-56(47)68(66)45-27-24-43(25-28-45)41-18-12-10-13-19-41/h10-29,34-39H,30-33H2,1-9H3. The van der Waals surface area contributed by atoms with Gasteiger partial charge in [-0.05, 0) is 175 Å². The van der Waals surface area contributed by atoms with Crippen LogP contribution in [0.5, 0.6) is 0 Å². The molecular weight excluding hydrogens is 852 g/mol. The molecular formula is C65H61BN2S. The fourth-order valence-corrected chi connectivity index (χ4v) is 14.2. The third-order valence-corrected chi connectivity index (χ3v) is 18.5. The summed E-state index contributed by atoms with van der Waals surface area (Å²) in [6, 6.07) is 60.9. The molecule has 0 saturated heterocycles. The molecule has 0 radical (unpaired) electrons. The van der Waals surface area contributed by atoms with Crippen molar-refractivity contribution in [3.05, 3.63) is 186 Å². The van der Waals surface area contributed by atoms with Gasteiger partial charge in [0.1, 0.15) is 0 Å². The molecule has 0 spiro atoms. The Labute approximate surface area is 413 Å².